The Morgan fingerprint density at radius 1 is 1.35 bits per heavy atom. The predicted octanol–water partition coefficient (Wildman–Crippen LogP) is 2.24. The zero-order valence-electron chi connectivity index (χ0n) is 16.0. The van der Waals surface area contributed by atoms with Gasteiger partial charge in [-0.25, -0.2) is 0 Å². The maximum atomic E-state index is 12.4. The fourth-order valence-corrected chi connectivity index (χ4v) is 3.10. The first-order valence-corrected chi connectivity index (χ1v) is 9.49. The number of hydrogen-bond donors (Lipinski definition) is 2. The Hall–Kier alpha value is -1.32. The minimum absolute atomic E-state index is 0. The van der Waals surface area contributed by atoms with Crippen LogP contribution >= 0.6 is 24.0 Å². The molecule has 2 heterocycles. The van der Waals surface area contributed by atoms with Crippen LogP contribution in [0.4, 0.5) is 0 Å². The summed E-state index contributed by atoms with van der Waals surface area (Å²) < 4.78 is 1.91. The molecule has 0 aromatic carbocycles. The number of carbonyl (C=O) groups is 1. The van der Waals surface area contributed by atoms with Gasteiger partial charge in [-0.1, -0.05) is 0 Å². The third kappa shape index (κ3) is 7.92. The number of nitrogens with zero attached hydrogens (tertiary/aromatic N) is 4. The highest BCUT2D eigenvalue weighted by Crippen LogP contribution is 2.16. The van der Waals surface area contributed by atoms with Crippen LogP contribution in [0, 0.1) is 0 Å². The van der Waals surface area contributed by atoms with Crippen molar-refractivity contribution in [2.24, 2.45) is 4.99 Å². The standard InChI is InChI=1S/C18H32N6O.HI/c1-3-19-18(20-10-6-13-23-14-7-11-22-23)21-12-9-17(25)24-15-5-4-8-16(24)2;/h7,11,14,16H,3-6,8-10,12-13,15H2,1-2H3,(H2,19,20,21);1H. The summed E-state index contributed by atoms with van der Waals surface area (Å²) in [7, 11) is 0. The summed E-state index contributed by atoms with van der Waals surface area (Å²) in [6.45, 7) is 8.11. The lowest BCUT2D eigenvalue weighted by Gasteiger charge is -2.33. The highest BCUT2D eigenvalue weighted by molar-refractivity contribution is 14.0. The van der Waals surface area contributed by atoms with Gasteiger partial charge in [0.05, 0.1) is 0 Å². The quantitative estimate of drug-likeness (QED) is 0.261. The lowest BCUT2D eigenvalue weighted by Crippen LogP contribution is -2.44. The SMILES string of the molecule is CCNC(=NCCCn1cccn1)NCCC(=O)N1CCCCC1C.I. The minimum Gasteiger partial charge on any atom is -0.357 e. The Labute approximate surface area is 174 Å². The van der Waals surface area contributed by atoms with Crippen LogP contribution in [-0.4, -0.2) is 58.8 Å². The van der Waals surface area contributed by atoms with Crippen molar-refractivity contribution in [3.05, 3.63) is 18.5 Å². The fourth-order valence-electron chi connectivity index (χ4n) is 3.10. The van der Waals surface area contributed by atoms with Gasteiger partial charge in [0.2, 0.25) is 5.91 Å². The molecule has 148 valence electrons. The van der Waals surface area contributed by atoms with Gasteiger partial charge in [-0.3, -0.25) is 14.5 Å². The van der Waals surface area contributed by atoms with E-state index in [1.807, 2.05) is 28.8 Å². The number of halogens is 1. The first kappa shape index (κ1) is 22.7. The van der Waals surface area contributed by atoms with Gasteiger partial charge in [-0.05, 0) is 45.6 Å². The van der Waals surface area contributed by atoms with Gasteiger partial charge in [-0.15, -0.1) is 24.0 Å². The van der Waals surface area contributed by atoms with E-state index in [1.165, 1.54) is 6.42 Å². The second kappa shape index (κ2) is 12.9. The summed E-state index contributed by atoms with van der Waals surface area (Å²) in [4.78, 5) is 18.9. The van der Waals surface area contributed by atoms with E-state index in [2.05, 4.69) is 27.6 Å². The fraction of sp³-hybridized carbons (Fsp3) is 0.722. The van der Waals surface area contributed by atoms with Crippen molar-refractivity contribution < 1.29 is 4.79 Å². The molecule has 0 saturated carbocycles. The number of nitrogens with one attached hydrogen (secondary N) is 2. The van der Waals surface area contributed by atoms with Crippen molar-refractivity contribution in [3.8, 4) is 0 Å². The van der Waals surface area contributed by atoms with Crippen LogP contribution in [0.1, 0.15) is 46.0 Å². The van der Waals surface area contributed by atoms with Crippen LogP contribution in [0.2, 0.25) is 0 Å². The number of aliphatic imine (C=N–C) groups is 1. The number of rotatable bonds is 8. The number of aryl methyl sites for hydroxylation is 1. The lowest BCUT2D eigenvalue weighted by molar-refractivity contribution is -0.134. The van der Waals surface area contributed by atoms with Gasteiger partial charge in [-0.2, -0.15) is 5.10 Å². The van der Waals surface area contributed by atoms with E-state index in [9.17, 15) is 4.79 Å². The number of amides is 1. The Bertz CT molecular complexity index is 534. The van der Waals surface area contributed by atoms with Crippen LogP contribution < -0.4 is 10.6 Å². The molecule has 1 atom stereocenters. The number of carbonyl (C=O) groups excluding carboxylic acids is 1. The molecule has 1 aliphatic heterocycles. The molecule has 8 heteroatoms. The molecule has 1 fully saturated rings. The molecule has 1 aliphatic rings. The molecule has 0 aliphatic carbocycles. The molecular formula is C18H33IN6O. The molecule has 1 amide bonds. The molecule has 26 heavy (non-hydrogen) atoms. The molecular weight excluding hydrogens is 443 g/mol. The van der Waals surface area contributed by atoms with E-state index >= 15 is 0 Å². The summed E-state index contributed by atoms with van der Waals surface area (Å²) >= 11 is 0. The van der Waals surface area contributed by atoms with Crippen LogP contribution in [0.3, 0.4) is 0 Å². The molecule has 1 aromatic rings. The highest BCUT2D eigenvalue weighted by atomic mass is 127. The maximum Gasteiger partial charge on any atom is 0.224 e. The second-order valence-electron chi connectivity index (χ2n) is 6.49. The Morgan fingerprint density at radius 3 is 2.88 bits per heavy atom. The van der Waals surface area contributed by atoms with Crippen LogP contribution in [0.5, 0.6) is 0 Å². The molecule has 2 N–H and O–H groups in total. The Kier molecular flexibility index (Phi) is 11.3. The molecule has 1 saturated heterocycles. The molecule has 1 unspecified atom stereocenters. The van der Waals surface area contributed by atoms with E-state index < -0.39 is 0 Å². The van der Waals surface area contributed by atoms with E-state index in [4.69, 9.17) is 0 Å². The molecule has 0 radical (unpaired) electrons. The van der Waals surface area contributed by atoms with Crippen molar-refractivity contribution >= 4 is 35.8 Å². The van der Waals surface area contributed by atoms with Gasteiger partial charge < -0.3 is 15.5 Å². The lowest BCUT2D eigenvalue weighted by atomic mass is 10.0. The van der Waals surface area contributed by atoms with E-state index in [0.717, 1.165) is 51.4 Å². The number of likely N-dealkylation sites (tertiary alicyclic amines) is 1. The van der Waals surface area contributed by atoms with Crippen molar-refractivity contribution in [3.63, 3.8) is 0 Å². The molecule has 7 nitrogen and oxygen atoms in total. The van der Waals surface area contributed by atoms with Gasteiger partial charge in [0.1, 0.15) is 0 Å². The monoisotopic (exact) mass is 476 g/mol. The topological polar surface area (TPSA) is 74.5 Å². The second-order valence-corrected chi connectivity index (χ2v) is 6.49. The average Bonchev–Trinajstić information content (AvgIpc) is 3.12. The number of aromatic nitrogens is 2. The van der Waals surface area contributed by atoms with Crippen LogP contribution in [0.25, 0.3) is 0 Å². The summed E-state index contributed by atoms with van der Waals surface area (Å²) in [6.07, 6.45) is 8.68. The summed E-state index contributed by atoms with van der Waals surface area (Å²) in [5, 5.41) is 10.7. The number of hydrogen-bond acceptors (Lipinski definition) is 3. The highest BCUT2D eigenvalue weighted by Gasteiger charge is 2.22. The van der Waals surface area contributed by atoms with Crippen molar-refractivity contribution in [1.82, 2.24) is 25.3 Å². The first-order chi connectivity index (χ1) is 12.2. The zero-order valence-corrected chi connectivity index (χ0v) is 18.3. The normalized spacial score (nSPS) is 17.5. The summed E-state index contributed by atoms with van der Waals surface area (Å²) in [5.41, 5.74) is 0. The van der Waals surface area contributed by atoms with Crippen LogP contribution in [0.15, 0.2) is 23.5 Å². The summed E-state index contributed by atoms with van der Waals surface area (Å²) in [5.74, 6) is 1.02. The third-order valence-corrected chi connectivity index (χ3v) is 4.47. The molecule has 0 bridgehead atoms. The first-order valence-electron chi connectivity index (χ1n) is 9.49. The number of piperidine rings is 1. The van der Waals surface area contributed by atoms with Crippen molar-refractivity contribution in [2.75, 3.05) is 26.2 Å². The smallest absolute Gasteiger partial charge is 0.224 e. The van der Waals surface area contributed by atoms with Gasteiger partial charge in [0, 0.05) is 57.6 Å². The maximum absolute atomic E-state index is 12.4. The molecule has 0 spiro atoms. The van der Waals surface area contributed by atoms with Gasteiger partial charge in [0.15, 0.2) is 5.96 Å². The Morgan fingerprint density at radius 2 is 2.19 bits per heavy atom. The Balaban J connectivity index is 0.00000338. The van der Waals surface area contributed by atoms with Gasteiger partial charge in [0.25, 0.3) is 0 Å². The molecule has 2 rings (SSSR count). The summed E-state index contributed by atoms with van der Waals surface area (Å²) in [6, 6.07) is 2.31. The predicted molar refractivity (Wildman–Crippen MR) is 116 cm³/mol. The van der Waals surface area contributed by atoms with E-state index in [-0.39, 0.29) is 29.9 Å². The average molecular weight is 476 g/mol. The van der Waals surface area contributed by atoms with E-state index in [0.29, 0.717) is 19.0 Å². The number of guanidine groups is 1. The largest absolute Gasteiger partial charge is 0.357 e. The van der Waals surface area contributed by atoms with E-state index in [1.54, 1.807) is 6.20 Å². The minimum atomic E-state index is 0. The van der Waals surface area contributed by atoms with Crippen molar-refractivity contribution in [1.29, 1.82) is 0 Å². The third-order valence-electron chi connectivity index (χ3n) is 4.47. The van der Waals surface area contributed by atoms with Crippen LogP contribution in [-0.2, 0) is 11.3 Å². The zero-order chi connectivity index (χ0) is 17.9. The van der Waals surface area contributed by atoms with Crippen molar-refractivity contribution in [2.45, 2.75) is 58.5 Å². The van der Waals surface area contributed by atoms with Gasteiger partial charge >= 0.3 is 0 Å². The molecule has 1 aromatic heterocycles.